The zero-order valence-corrected chi connectivity index (χ0v) is 20.6. The molecule has 7 heteroatoms. The number of rotatable bonds is 5. The maximum atomic E-state index is 13.1. The quantitative estimate of drug-likeness (QED) is 0.679. The van der Waals surface area contributed by atoms with E-state index in [1.54, 1.807) is 0 Å². The van der Waals surface area contributed by atoms with Crippen LogP contribution in [0.5, 0.6) is 0 Å². The molecule has 0 aromatic carbocycles. The summed E-state index contributed by atoms with van der Waals surface area (Å²) in [6.07, 6.45) is 14.3. The summed E-state index contributed by atoms with van der Waals surface area (Å²) in [6, 6.07) is 2.25. The highest BCUT2D eigenvalue weighted by Crippen LogP contribution is 2.40. The number of fused-ring (bicyclic) bond motifs is 3. The predicted octanol–water partition coefficient (Wildman–Crippen LogP) is 3.21. The van der Waals surface area contributed by atoms with Crippen LogP contribution < -0.4 is 4.90 Å². The number of ether oxygens (including phenoxy) is 1. The molecule has 2 bridgehead atoms. The second-order valence-electron chi connectivity index (χ2n) is 10.8. The maximum absolute atomic E-state index is 13.1. The highest BCUT2D eigenvalue weighted by molar-refractivity contribution is 5.80. The Bertz CT molecular complexity index is 1010. The van der Waals surface area contributed by atoms with Gasteiger partial charge in [-0.3, -0.25) is 4.79 Å². The van der Waals surface area contributed by atoms with E-state index in [-0.39, 0.29) is 12.0 Å². The van der Waals surface area contributed by atoms with Gasteiger partial charge in [-0.2, -0.15) is 0 Å². The number of carbonyl (C=O) groups is 1. The first-order chi connectivity index (χ1) is 16.7. The number of anilines is 1. The molecule has 4 saturated heterocycles. The van der Waals surface area contributed by atoms with Gasteiger partial charge in [0, 0.05) is 57.9 Å². The molecule has 4 fully saturated rings. The Hall–Kier alpha value is -2.12. The molecule has 0 saturated carbocycles. The molecule has 0 N–H and O–H groups in total. The van der Waals surface area contributed by atoms with Crippen LogP contribution in [0.15, 0.2) is 24.7 Å². The SMILES string of the molecule is CCc1ccn2ccnc2c1N1CCCN(CC2CCN(C(=O)[C@@H]3C[C@H]4CC[C@@H]3O4)CC2)CC1. The molecule has 6 heterocycles. The van der Waals surface area contributed by atoms with E-state index in [9.17, 15) is 4.79 Å². The Morgan fingerprint density at radius 1 is 1.06 bits per heavy atom. The van der Waals surface area contributed by atoms with Crippen LogP contribution in [0.3, 0.4) is 0 Å². The monoisotopic (exact) mass is 465 g/mol. The minimum absolute atomic E-state index is 0.138. The first-order valence-corrected chi connectivity index (χ1v) is 13.6. The van der Waals surface area contributed by atoms with Crippen LogP contribution in [-0.4, -0.2) is 83.1 Å². The Kier molecular flexibility index (Phi) is 6.24. The number of pyridine rings is 1. The second-order valence-corrected chi connectivity index (χ2v) is 10.8. The van der Waals surface area contributed by atoms with Crippen molar-refractivity contribution in [1.29, 1.82) is 0 Å². The van der Waals surface area contributed by atoms with Crippen molar-refractivity contribution in [2.24, 2.45) is 11.8 Å². The molecule has 7 nitrogen and oxygen atoms in total. The van der Waals surface area contributed by atoms with Crippen molar-refractivity contribution in [2.45, 2.75) is 64.1 Å². The van der Waals surface area contributed by atoms with Gasteiger partial charge in [-0.15, -0.1) is 0 Å². The summed E-state index contributed by atoms with van der Waals surface area (Å²) in [5.41, 5.74) is 3.81. The largest absolute Gasteiger partial charge is 0.374 e. The number of imidazole rings is 1. The van der Waals surface area contributed by atoms with Crippen LogP contribution >= 0.6 is 0 Å². The van der Waals surface area contributed by atoms with Gasteiger partial charge in [-0.1, -0.05) is 6.92 Å². The Labute approximate surface area is 203 Å². The van der Waals surface area contributed by atoms with E-state index in [0.717, 1.165) is 83.4 Å². The molecule has 4 aliphatic rings. The minimum Gasteiger partial charge on any atom is -0.374 e. The van der Waals surface area contributed by atoms with Crippen molar-refractivity contribution >= 4 is 17.2 Å². The van der Waals surface area contributed by atoms with E-state index < -0.39 is 0 Å². The summed E-state index contributed by atoms with van der Waals surface area (Å²) in [5.74, 6) is 1.21. The molecule has 0 spiro atoms. The van der Waals surface area contributed by atoms with Gasteiger partial charge in [0.1, 0.15) is 0 Å². The normalized spacial score (nSPS) is 28.7. The third-order valence-electron chi connectivity index (χ3n) is 8.77. The van der Waals surface area contributed by atoms with E-state index in [2.05, 4.69) is 43.3 Å². The lowest BCUT2D eigenvalue weighted by Crippen LogP contribution is -2.46. The van der Waals surface area contributed by atoms with Crippen LogP contribution in [0.1, 0.15) is 51.0 Å². The molecule has 2 aromatic rings. The zero-order chi connectivity index (χ0) is 23.1. The lowest BCUT2D eigenvalue weighted by atomic mass is 9.87. The summed E-state index contributed by atoms with van der Waals surface area (Å²) < 4.78 is 8.09. The van der Waals surface area contributed by atoms with E-state index in [4.69, 9.17) is 4.74 Å². The van der Waals surface area contributed by atoms with Gasteiger partial charge in [0.2, 0.25) is 5.91 Å². The predicted molar refractivity (Wildman–Crippen MR) is 133 cm³/mol. The average molecular weight is 466 g/mol. The fourth-order valence-electron chi connectivity index (χ4n) is 6.85. The minimum atomic E-state index is 0.138. The standard InChI is InChI=1S/C27H39N5O2/c1-2-21-8-14-31-15-9-28-26(31)25(21)30-11-3-10-29(16-17-30)19-20-6-12-32(13-7-20)27(33)23-18-22-4-5-24(23)34-22/h8-9,14-15,20,22-24H,2-7,10-13,16-19H2,1H3/t22-,23-,24+/m1/s1. The zero-order valence-electron chi connectivity index (χ0n) is 20.6. The molecule has 3 atom stereocenters. The lowest BCUT2D eigenvalue weighted by Gasteiger charge is -2.36. The van der Waals surface area contributed by atoms with E-state index >= 15 is 0 Å². The summed E-state index contributed by atoms with van der Waals surface area (Å²) in [7, 11) is 0. The van der Waals surface area contributed by atoms with Crippen LogP contribution in [0.25, 0.3) is 5.65 Å². The smallest absolute Gasteiger partial charge is 0.228 e. The molecular weight excluding hydrogens is 426 g/mol. The molecule has 4 aliphatic heterocycles. The average Bonchev–Trinajstić information content (AvgIpc) is 3.59. The van der Waals surface area contributed by atoms with E-state index in [0.29, 0.717) is 17.9 Å². The van der Waals surface area contributed by atoms with Gasteiger partial charge in [0.25, 0.3) is 0 Å². The molecule has 34 heavy (non-hydrogen) atoms. The van der Waals surface area contributed by atoms with E-state index in [1.807, 2.05) is 12.4 Å². The van der Waals surface area contributed by atoms with Gasteiger partial charge in [0.15, 0.2) is 5.65 Å². The number of carbonyl (C=O) groups excluding carboxylic acids is 1. The summed E-state index contributed by atoms with van der Waals surface area (Å²) in [6.45, 7) is 9.68. The number of piperidine rings is 1. The van der Waals surface area contributed by atoms with Gasteiger partial charge < -0.3 is 23.8 Å². The molecule has 6 rings (SSSR count). The fraction of sp³-hybridized carbons (Fsp3) is 0.704. The van der Waals surface area contributed by atoms with Gasteiger partial charge in [-0.25, -0.2) is 4.98 Å². The second kappa shape index (κ2) is 9.50. The van der Waals surface area contributed by atoms with Gasteiger partial charge in [-0.05, 0) is 69.0 Å². The van der Waals surface area contributed by atoms with Crippen molar-refractivity contribution < 1.29 is 9.53 Å². The van der Waals surface area contributed by atoms with Crippen molar-refractivity contribution in [3.8, 4) is 0 Å². The van der Waals surface area contributed by atoms with E-state index in [1.165, 1.54) is 24.2 Å². The molecule has 0 aliphatic carbocycles. The number of aryl methyl sites for hydroxylation is 1. The third kappa shape index (κ3) is 4.22. The maximum Gasteiger partial charge on any atom is 0.228 e. The molecule has 1 amide bonds. The first-order valence-electron chi connectivity index (χ1n) is 13.6. The topological polar surface area (TPSA) is 53.3 Å². The summed E-state index contributed by atoms with van der Waals surface area (Å²) in [5, 5.41) is 0. The lowest BCUT2D eigenvalue weighted by molar-refractivity contribution is -0.138. The Morgan fingerprint density at radius 3 is 2.71 bits per heavy atom. The van der Waals surface area contributed by atoms with Crippen molar-refractivity contribution in [3.63, 3.8) is 0 Å². The van der Waals surface area contributed by atoms with Crippen LogP contribution in [0.2, 0.25) is 0 Å². The fourth-order valence-corrected chi connectivity index (χ4v) is 6.85. The molecular formula is C27H39N5O2. The van der Waals surface area contributed by atoms with Crippen molar-refractivity contribution in [1.82, 2.24) is 19.2 Å². The number of hydrogen-bond donors (Lipinski definition) is 0. The molecule has 2 aromatic heterocycles. The van der Waals surface area contributed by atoms with Crippen molar-refractivity contribution in [3.05, 3.63) is 30.2 Å². The third-order valence-corrected chi connectivity index (χ3v) is 8.77. The number of likely N-dealkylation sites (tertiary alicyclic amines) is 1. The van der Waals surface area contributed by atoms with Crippen LogP contribution in [0.4, 0.5) is 5.69 Å². The number of amides is 1. The van der Waals surface area contributed by atoms with Gasteiger partial charge >= 0.3 is 0 Å². The number of aromatic nitrogens is 2. The molecule has 184 valence electrons. The molecule has 0 radical (unpaired) electrons. The number of hydrogen-bond acceptors (Lipinski definition) is 5. The van der Waals surface area contributed by atoms with Crippen LogP contribution in [-0.2, 0) is 16.0 Å². The highest BCUT2D eigenvalue weighted by atomic mass is 16.5. The van der Waals surface area contributed by atoms with Crippen molar-refractivity contribution in [2.75, 3.05) is 50.7 Å². The Balaban J connectivity index is 1.03. The Morgan fingerprint density at radius 2 is 1.94 bits per heavy atom. The number of nitrogens with zero attached hydrogens (tertiary/aromatic N) is 5. The first kappa shape index (κ1) is 22.4. The summed E-state index contributed by atoms with van der Waals surface area (Å²) in [4.78, 5) is 25.1. The highest BCUT2D eigenvalue weighted by Gasteiger charge is 2.46. The van der Waals surface area contributed by atoms with Crippen LogP contribution in [0, 0.1) is 11.8 Å². The molecule has 0 unspecified atom stereocenters. The summed E-state index contributed by atoms with van der Waals surface area (Å²) >= 11 is 0. The van der Waals surface area contributed by atoms with Gasteiger partial charge in [0.05, 0.1) is 23.8 Å².